The molecule has 1 atom stereocenters. The predicted octanol–water partition coefficient (Wildman–Crippen LogP) is 8.08. The first-order chi connectivity index (χ1) is 21.5. The molecular weight excluding hydrogens is 593 g/mol. The van der Waals surface area contributed by atoms with Crippen molar-refractivity contribution in [3.63, 3.8) is 0 Å². The average molecular weight is 623 g/mol. The molecule has 1 unspecified atom stereocenters. The molecule has 0 saturated carbocycles. The summed E-state index contributed by atoms with van der Waals surface area (Å²) in [6.45, 7) is 1.83. The summed E-state index contributed by atoms with van der Waals surface area (Å²) in [6.07, 6.45) is 0. The van der Waals surface area contributed by atoms with Crippen LogP contribution in [0.4, 0.5) is 10.7 Å². The molecule has 5 rings (SSSR count). The fourth-order valence-corrected chi connectivity index (χ4v) is 6.45. The number of benzene rings is 4. The minimum atomic E-state index is -0.652. The number of thioether (sulfide) groups is 1. The summed E-state index contributed by atoms with van der Waals surface area (Å²) in [5.74, 6) is -0.478. The van der Waals surface area contributed by atoms with Gasteiger partial charge >= 0.3 is 5.97 Å². The lowest BCUT2D eigenvalue weighted by atomic mass is 10.0. The fourth-order valence-electron chi connectivity index (χ4n) is 4.41. The lowest BCUT2D eigenvalue weighted by molar-refractivity contribution is -0.118. The predicted molar refractivity (Wildman–Crippen MR) is 176 cm³/mol. The van der Waals surface area contributed by atoms with Gasteiger partial charge in [0.25, 0.3) is 5.91 Å². The first-order valence-electron chi connectivity index (χ1n) is 14.0. The van der Waals surface area contributed by atoms with E-state index in [4.69, 9.17) is 9.47 Å². The number of rotatable bonds is 12. The molecule has 0 spiro atoms. The minimum absolute atomic E-state index is 0.134. The monoisotopic (exact) mass is 622 g/mol. The minimum Gasteiger partial charge on any atom is -0.484 e. The summed E-state index contributed by atoms with van der Waals surface area (Å²) in [6, 6.07) is 35.4. The van der Waals surface area contributed by atoms with Gasteiger partial charge < -0.3 is 20.1 Å². The van der Waals surface area contributed by atoms with Crippen molar-refractivity contribution in [3.8, 4) is 16.9 Å². The van der Waals surface area contributed by atoms with E-state index in [0.29, 0.717) is 27.6 Å². The fraction of sp³-hybridized carbons (Fsp3) is 0.114. The zero-order valence-electron chi connectivity index (χ0n) is 23.9. The van der Waals surface area contributed by atoms with Gasteiger partial charge in [-0.2, -0.15) is 0 Å². The second-order valence-electron chi connectivity index (χ2n) is 9.52. The number of carbonyl (C=O) groups excluding carboxylic acids is 3. The van der Waals surface area contributed by atoms with Crippen molar-refractivity contribution in [1.29, 1.82) is 0 Å². The van der Waals surface area contributed by atoms with Crippen LogP contribution in [-0.2, 0) is 14.3 Å². The van der Waals surface area contributed by atoms with E-state index >= 15 is 0 Å². The van der Waals surface area contributed by atoms with Gasteiger partial charge in [0.15, 0.2) is 6.61 Å². The summed E-state index contributed by atoms with van der Waals surface area (Å²) < 4.78 is 10.9. The van der Waals surface area contributed by atoms with Crippen molar-refractivity contribution < 1.29 is 23.9 Å². The van der Waals surface area contributed by atoms with Crippen molar-refractivity contribution >= 4 is 51.6 Å². The second-order valence-corrected chi connectivity index (χ2v) is 11.6. The zero-order valence-corrected chi connectivity index (χ0v) is 25.5. The van der Waals surface area contributed by atoms with Gasteiger partial charge in [-0.3, -0.25) is 9.59 Å². The summed E-state index contributed by atoms with van der Waals surface area (Å²) >= 11 is 2.63. The van der Waals surface area contributed by atoms with E-state index in [1.165, 1.54) is 23.1 Å². The molecule has 0 saturated heterocycles. The number of amides is 2. The van der Waals surface area contributed by atoms with E-state index in [1.807, 2.05) is 102 Å². The quantitative estimate of drug-likeness (QED) is 0.108. The number of para-hydroxylation sites is 1. The van der Waals surface area contributed by atoms with Crippen molar-refractivity contribution in [2.24, 2.45) is 0 Å². The molecule has 0 bridgehead atoms. The molecule has 4 aromatic carbocycles. The number of hydrogen-bond acceptors (Lipinski definition) is 7. The zero-order chi connectivity index (χ0) is 30.7. The topological polar surface area (TPSA) is 93.7 Å². The maximum Gasteiger partial charge on any atom is 0.341 e. The highest BCUT2D eigenvalue weighted by Crippen LogP contribution is 2.40. The molecule has 9 heteroatoms. The molecule has 44 heavy (non-hydrogen) atoms. The molecule has 7 nitrogen and oxygen atoms in total. The Hall–Kier alpha value is -4.86. The van der Waals surface area contributed by atoms with Crippen LogP contribution in [0.2, 0.25) is 0 Å². The van der Waals surface area contributed by atoms with Crippen LogP contribution in [0.5, 0.6) is 5.75 Å². The molecule has 0 aliphatic carbocycles. The Bertz CT molecular complexity index is 1710. The summed E-state index contributed by atoms with van der Waals surface area (Å²) in [4.78, 5) is 40.3. The Morgan fingerprint density at radius 1 is 0.818 bits per heavy atom. The number of esters is 1. The van der Waals surface area contributed by atoms with E-state index in [2.05, 4.69) is 10.6 Å². The largest absolute Gasteiger partial charge is 0.484 e. The Kier molecular flexibility index (Phi) is 10.5. The van der Waals surface area contributed by atoms with Crippen LogP contribution in [0.3, 0.4) is 0 Å². The lowest BCUT2D eigenvalue weighted by Crippen LogP contribution is -2.21. The highest BCUT2D eigenvalue weighted by molar-refractivity contribution is 8.00. The third-order valence-electron chi connectivity index (χ3n) is 6.42. The van der Waals surface area contributed by atoms with Crippen LogP contribution < -0.4 is 15.4 Å². The summed E-state index contributed by atoms with van der Waals surface area (Å²) in [5, 5.41) is 7.50. The molecule has 1 heterocycles. The lowest BCUT2D eigenvalue weighted by Gasteiger charge is -2.18. The highest BCUT2D eigenvalue weighted by atomic mass is 32.2. The summed E-state index contributed by atoms with van der Waals surface area (Å²) in [7, 11) is 0. The smallest absolute Gasteiger partial charge is 0.341 e. The average Bonchev–Trinajstić information content (AvgIpc) is 3.48. The van der Waals surface area contributed by atoms with Gasteiger partial charge in [-0.1, -0.05) is 84.9 Å². The molecule has 0 aliphatic rings. The van der Waals surface area contributed by atoms with Gasteiger partial charge in [-0.25, -0.2) is 4.79 Å². The van der Waals surface area contributed by atoms with E-state index in [9.17, 15) is 14.4 Å². The van der Waals surface area contributed by atoms with Gasteiger partial charge in [-0.05, 0) is 48.4 Å². The Morgan fingerprint density at radius 3 is 2.20 bits per heavy atom. The molecule has 0 radical (unpaired) electrons. The van der Waals surface area contributed by atoms with Gasteiger partial charge in [0.1, 0.15) is 21.6 Å². The van der Waals surface area contributed by atoms with Gasteiger partial charge in [-0.15, -0.1) is 23.1 Å². The third-order valence-corrected chi connectivity index (χ3v) is 8.56. The molecule has 1 aromatic heterocycles. The van der Waals surface area contributed by atoms with Crippen LogP contribution in [0.25, 0.3) is 11.1 Å². The van der Waals surface area contributed by atoms with Crippen LogP contribution in [0, 0.1) is 0 Å². The van der Waals surface area contributed by atoms with Crippen molar-refractivity contribution in [2.75, 3.05) is 23.8 Å². The number of ether oxygens (including phenoxy) is 2. The van der Waals surface area contributed by atoms with Crippen LogP contribution in [0.1, 0.15) is 28.1 Å². The Balaban J connectivity index is 1.35. The molecule has 2 amide bonds. The molecule has 5 aromatic rings. The highest BCUT2D eigenvalue weighted by Gasteiger charge is 2.27. The SMILES string of the molecule is CCOC(=O)c1c(-c2ccccc2)csc1NC(=O)C(Sc1cccc(NC(=O)COc2ccccc2)c1)c1ccccc1. The number of anilines is 2. The Labute approximate surface area is 264 Å². The summed E-state index contributed by atoms with van der Waals surface area (Å²) in [5.41, 5.74) is 3.26. The van der Waals surface area contributed by atoms with Crippen LogP contribution >= 0.6 is 23.1 Å². The number of hydrogen-bond donors (Lipinski definition) is 2. The second kappa shape index (κ2) is 15.0. The third kappa shape index (κ3) is 7.94. The maximum atomic E-state index is 13.9. The molecular formula is C35H30N2O5S2. The van der Waals surface area contributed by atoms with E-state index in [1.54, 1.807) is 25.1 Å². The van der Waals surface area contributed by atoms with Gasteiger partial charge in [0, 0.05) is 21.5 Å². The number of thiophene rings is 1. The number of nitrogens with one attached hydrogen (secondary N) is 2. The molecule has 222 valence electrons. The molecule has 2 N–H and O–H groups in total. The van der Waals surface area contributed by atoms with Crippen molar-refractivity contribution in [3.05, 3.63) is 132 Å². The van der Waals surface area contributed by atoms with E-state index in [0.717, 1.165) is 16.0 Å². The standard InChI is InChI=1S/C35H30N2O5S2/c1-2-41-35(40)31-29(24-13-6-3-7-14-24)23-43-34(31)37-33(39)32(25-15-8-4-9-16-25)44-28-20-12-17-26(21-28)36-30(38)22-42-27-18-10-5-11-19-27/h3-21,23,32H,2,22H2,1H3,(H,36,38)(H,37,39). The normalized spacial score (nSPS) is 11.3. The molecule has 0 fully saturated rings. The van der Waals surface area contributed by atoms with E-state index < -0.39 is 11.2 Å². The van der Waals surface area contributed by atoms with Crippen LogP contribution in [0.15, 0.2) is 126 Å². The van der Waals surface area contributed by atoms with Crippen molar-refractivity contribution in [2.45, 2.75) is 17.1 Å². The van der Waals surface area contributed by atoms with Gasteiger partial charge in [0.05, 0.1) is 6.61 Å². The number of carbonyl (C=O) groups is 3. The first kappa shape index (κ1) is 30.6. The molecule has 0 aliphatic heterocycles. The first-order valence-corrected chi connectivity index (χ1v) is 15.7. The Morgan fingerprint density at radius 2 is 1.50 bits per heavy atom. The maximum absolute atomic E-state index is 13.9. The van der Waals surface area contributed by atoms with E-state index in [-0.39, 0.29) is 25.0 Å². The van der Waals surface area contributed by atoms with Gasteiger partial charge in [0.2, 0.25) is 5.91 Å². The van der Waals surface area contributed by atoms with Crippen LogP contribution in [-0.4, -0.2) is 31.0 Å². The van der Waals surface area contributed by atoms with Crippen molar-refractivity contribution in [1.82, 2.24) is 0 Å².